The van der Waals surface area contributed by atoms with Crippen LogP contribution in [0.5, 0.6) is 0 Å². The molecule has 0 bridgehead atoms. The lowest BCUT2D eigenvalue weighted by atomic mass is 9.43. The second-order valence-corrected chi connectivity index (χ2v) is 14.1. The van der Waals surface area contributed by atoms with Crippen molar-refractivity contribution in [1.29, 1.82) is 0 Å². The molecule has 2 aliphatic heterocycles. The molecule has 240 valence electrons. The molecule has 10 aromatic rings. The minimum atomic E-state index is 0.0371. The Labute approximate surface area is 301 Å². The van der Waals surface area contributed by atoms with Gasteiger partial charge in [-0.1, -0.05) is 121 Å². The van der Waals surface area contributed by atoms with E-state index in [0.717, 1.165) is 5.69 Å². The quantitative estimate of drug-likeness (QED) is 0.168. The average molecular weight is 660 g/mol. The predicted molar refractivity (Wildman–Crippen MR) is 220 cm³/mol. The SMILES string of the molecule is c1ccc(-n2c3ccccc3c3cc4c(cc32)c2cc3c(cc2n4-c2ccccc2)-c2ccccc2N2B3c3ccccc3-c3ccccc32)cc1. The van der Waals surface area contributed by atoms with Crippen LogP contribution in [-0.4, -0.2) is 16.0 Å². The second-order valence-electron chi connectivity index (χ2n) is 14.1. The standard InChI is InChI=1S/C48H30BN3/c1-3-15-31(16-4-1)50-43-24-12-8-22-36(43)39-29-48-40(30-47(39)50)38-27-42-37(28-46(38)51(48)32-17-5-2-6-18-32)35-21-10-14-26-45(35)52-44-25-13-9-20-34(44)33-19-7-11-23-41(33)49(42)52/h1-30H. The molecule has 2 aromatic heterocycles. The summed E-state index contributed by atoms with van der Waals surface area (Å²) in [5, 5.41) is 5.03. The molecule has 0 fully saturated rings. The average Bonchev–Trinajstić information content (AvgIpc) is 3.71. The third kappa shape index (κ3) is 3.65. The van der Waals surface area contributed by atoms with Crippen molar-refractivity contribution in [3.63, 3.8) is 0 Å². The van der Waals surface area contributed by atoms with Crippen molar-refractivity contribution in [2.24, 2.45) is 0 Å². The van der Waals surface area contributed by atoms with E-state index in [1.165, 1.54) is 93.9 Å². The van der Waals surface area contributed by atoms with Crippen molar-refractivity contribution in [3.8, 4) is 33.6 Å². The highest BCUT2D eigenvalue weighted by atomic mass is 15.1. The number of hydrogen-bond acceptors (Lipinski definition) is 1. The fraction of sp³-hybridized carbons (Fsp3) is 0. The number of rotatable bonds is 2. The Morgan fingerprint density at radius 1 is 0.308 bits per heavy atom. The number of benzene rings is 8. The van der Waals surface area contributed by atoms with Crippen molar-refractivity contribution in [2.75, 3.05) is 4.81 Å². The smallest absolute Gasteiger partial charge is 0.329 e. The third-order valence-corrected chi connectivity index (χ3v) is 11.5. The third-order valence-electron chi connectivity index (χ3n) is 11.5. The summed E-state index contributed by atoms with van der Waals surface area (Å²) in [6.45, 7) is 0.0371. The van der Waals surface area contributed by atoms with Gasteiger partial charge in [0.05, 0.1) is 22.1 Å². The highest BCUT2D eigenvalue weighted by Crippen LogP contribution is 2.47. The largest absolute Gasteiger partial charge is 0.376 e. The second kappa shape index (κ2) is 10.4. The molecule has 0 saturated carbocycles. The summed E-state index contributed by atoms with van der Waals surface area (Å²) in [7, 11) is 0. The van der Waals surface area contributed by atoms with Crippen molar-refractivity contribution < 1.29 is 0 Å². The first-order valence-corrected chi connectivity index (χ1v) is 18.1. The van der Waals surface area contributed by atoms with E-state index < -0.39 is 0 Å². The van der Waals surface area contributed by atoms with Crippen molar-refractivity contribution in [3.05, 3.63) is 182 Å². The summed E-state index contributed by atoms with van der Waals surface area (Å²) in [6, 6.07) is 67.2. The summed E-state index contributed by atoms with van der Waals surface area (Å²) in [5.74, 6) is 0. The number of para-hydroxylation sites is 5. The summed E-state index contributed by atoms with van der Waals surface area (Å²) >= 11 is 0. The number of nitrogens with zero attached hydrogens (tertiary/aromatic N) is 3. The summed E-state index contributed by atoms with van der Waals surface area (Å²) in [5.41, 5.74) is 17.5. The van der Waals surface area contributed by atoms with Crippen LogP contribution in [0.25, 0.3) is 77.2 Å². The maximum Gasteiger partial charge on any atom is 0.329 e. The summed E-state index contributed by atoms with van der Waals surface area (Å²) in [4.78, 5) is 2.59. The molecule has 0 spiro atoms. The Bertz CT molecular complexity index is 3080. The molecule has 3 nitrogen and oxygen atoms in total. The van der Waals surface area contributed by atoms with Gasteiger partial charge in [0, 0.05) is 55.4 Å². The van der Waals surface area contributed by atoms with E-state index >= 15 is 0 Å². The normalized spacial score (nSPS) is 12.9. The van der Waals surface area contributed by atoms with E-state index in [9.17, 15) is 0 Å². The van der Waals surface area contributed by atoms with Gasteiger partial charge in [0.25, 0.3) is 0 Å². The molecule has 12 rings (SSSR count). The molecule has 0 N–H and O–H groups in total. The highest BCUT2D eigenvalue weighted by molar-refractivity contribution is 6.92. The van der Waals surface area contributed by atoms with Crippen LogP contribution in [0.2, 0.25) is 0 Å². The van der Waals surface area contributed by atoms with E-state index in [4.69, 9.17) is 0 Å². The van der Waals surface area contributed by atoms with E-state index in [-0.39, 0.29) is 6.85 Å². The molecule has 8 aromatic carbocycles. The Hall–Kier alpha value is -6.78. The Morgan fingerprint density at radius 2 is 0.788 bits per heavy atom. The van der Waals surface area contributed by atoms with Crippen LogP contribution in [0.4, 0.5) is 11.4 Å². The van der Waals surface area contributed by atoms with Crippen LogP contribution in [0.3, 0.4) is 0 Å². The van der Waals surface area contributed by atoms with Crippen molar-refractivity contribution in [2.45, 2.75) is 0 Å². The lowest BCUT2D eigenvalue weighted by Crippen LogP contribution is -2.59. The summed E-state index contributed by atoms with van der Waals surface area (Å²) in [6.07, 6.45) is 0. The Kier molecular flexibility index (Phi) is 5.58. The van der Waals surface area contributed by atoms with Gasteiger partial charge in [-0.05, 0) is 82.7 Å². The first-order chi connectivity index (χ1) is 25.8. The van der Waals surface area contributed by atoms with Gasteiger partial charge >= 0.3 is 6.85 Å². The molecule has 0 atom stereocenters. The van der Waals surface area contributed by atoms with Gasteiger partial charge in [0.15, 0.2) is 0 Å². The number of hydrogen-bond donors (Lipinski definition) is 0. The molecule has 0 amide bonds. The van der Waals surface area contributed by atoms with Gasteiger partial charge in [-0.25, -0.2) is 0 Å². The first kappa shape index (κ1) is 28.0. The zero-order chi connectivity index (χ0) is 33.9. The zero-order valence-electron chi connectivity index (χ0n) is 28.2. The maximum atomic E-state index is 2.59. The molecule has 0 saturated heterocycles. The van der Waals surface area contributed by atoms with Gasteiger partial charge in [0.1, 0.15) is 0 Å². The van der Waals surface area contributed by atoms with Crippen LogP contribution in [0.1, 0.15) is 0 Å². The van der Waals surface area contributed by atoms with Crippen LogP contribution >= 0.6 is 0 Å². The minimum Gasteiger partial charge on any atom is -0.376 e. The Morgan fingerprint density at radius 3 is 1.48 bits per heavy atom. The van der Waals surface area contributed by atoms with Gasteiger partial charge < -0.3 is 13.9 Å². The molecule has 0 radical (unpaired) electrons. The van der Waals surface area contributed by atoms with Crippen LogP contribution in [0, 0.1) is 0 Å². The highest BCUT2D eigenvalue weighted by Gasteiger charge is 2.42. The lowest BCUT2D eigenvalue weighted by molar-refractivity contribution is 1.17. The van der Waals surface area contributed by atoms with E-state index in [1.54, 1.807) is 0 Å². The predicted octanol–water partition coefficient (Wildman–Crippen LogP) is 10.8. The van der Waals surface area contributed by atoms with E-state index in [1.807, 2.05) is 0 Å². The Balaban J connectivity index is 1.24. The minimum absolute atomic E-state index is 0.0371. The van der Waals surface area contributed by atoms with Crippen LogP contribution in [-0.2, 0) is 0 Å². The summed E-state index contributed by atoms with van der Waals surface area (Å²) < 4.78 is 4.92. The zero-order valence-corrected chi connectivity index (χ0v) is 28.2. The monoisotopic (exact) mass is 659 g/mol. The molecule has 2 aliphatic rings. The van der Waals surface area contributed by atoms with Crippen molar-refractivity contribution in [1.82, 2.24) is 9.13 Å². The van der Waals surface area contributed by atoms with Gasteiger partial charge in [-0.2, -0.15) is 0 Å². The van der Waals surface area contributed by atoms with Crippen molar-refractivity contribution >= 4 is 72.8 Å². The fourth-order valence-electron chi connectivity index (χ4n) is 9.37. The topological polar surface area (TPSA) is 13.1 Å². The van der Waals surface area contributed by atoms with Gasteiger partial charge in [0.2, 0.25) is 0 Å². The lowest BCUT2D eigenvalue weighted by Gasteiger charge is -2.43. The molecule has 52 heavy (non-hydrogen) atoms. The van der Waals surface area contributed by atoms with Gasteiger partial charge in [-0.3, -0.25) is 0 Å². The van der Waals surface area contributed by atoms with Gasteiger partial charge in [-0.15, -0.1) is 0 Å². The number of anilines is 2. The first-order valence-electron chi connectivity index (χ1n) is 18.1. The molecular weight excluding hydrogens is 629 g/mol. The molecule has 4 heterocycles. The van der Waals surface area contributed by atoms with Crippen LogP contribution < -0.4 is 15.7 Å². The molecule has 0 aliphatic carbocycles. The maximum absolute atomic E-state index is 2.59. The molecule has 4 heteroatoms. The van der Waals surface area contributed by atoms with E-state index in [0.29, 0.717) is 0 Å². The fourth-order valence-corrected chi connectivity index (χ4v) is 9.37. The van der Waals surface area contributed by atoms with Crippen LogP contribution in [0.15, 0.2) is 182 Å². The number of fused-ring (bicyclic) bond motifs is 17. The molecular formula is C48H30BN3. The molecule has 0 unspecified atom stereocenters. The van der Waals surface area contributed by atoms with E-state index in [2.05, 4.69) is 196 Å². The number of aromatic nitrogens is 2.